The number of carbonyl (C=O) groups is 1. The topological polar surface area (TPSA) is 44.8 Å². The molecule has 4 nitrogen and oxygen atoms in total. The molecule has 17 heavy (non-hydrogen) atoms. The highest BCUT2D eigenvalue weighted by Gasteiger charge is 2.27. The predicted molar refractivity (Wildman–Crippen MR) is 64.9 cm³/mol. The molecule has 1 rings (SSSR count). The number of carbonyl (C=O) groups excluding carboxylic acids is 1. The monoisotopic (exact) mass is 244 g/mol. The van der Waals surface area contributed by atoms with Gasteiger partial charge in [0.05, 0.1) is 6.10 Å². The first-order valence-electron chi connectivity index (χ1n) is 6.58. The van der Waals surface area contributed by atoms with Crippen LogP contribution in [0.25, 0.3) is 0 Å². The van der Waals surface area contributed by atoms with E-state index in [4.69, 9.17) is 14.2 Å². The third-order valence-electron chi connectivity index (χ3n) is 3.10. The second-order valence-corrected chi connectivity index (χ2v) is 4.39. The Morgan fingerprint density at radius 3 is 2.59 bits per heavy atom. The number of hydrogen-bond acceptors (Lipinski definition) is 4. The summed E-state index contributed by atoms with van der Waals surface area (Å²) in [5, 5.41) is 0. The molecule has 0 spiro atoms. The minimum absolute atomic E-state index is 0.0478. The second-order valence-electron chi connectivity index (χ2n) is 4.39. The average Bonchev–Trinajstić information content (AvgIpc) is 2.35. The molecule has 1 fully saturated rings. The SMILES string of the molecule is CCOCCCC(=O)OC1CCCCC1OC. The van der Waals surface area contributed by atoms with Crippen molar-refractivity contribution in [2.75, 3.05) is 20.3 Å². The maximum Gasteiger partial charge on any atom is 0.306 e. The maximum absolute atomic E-state index is 11.6. The van der Waals surface area contributed by atoms with Crippen molar-refractivity contribution in [3.63, 3.8) is 0 Å². The van der Waals surface area contributed by atoms with Crippen LogP contribution in [0.1, 0.15) is 45.4 Å². The van der Waals surface area contributed by atoms with Crippen LogP contribution >= 0.6 is 0 Å². The molecule has 0 aliphatic heterocycles. The predicted octanol–water partition coefficient (Wildman–Crippen LogP) is 2.30. The lowest BCUT2D eigenvalue weighted by atomic mass is 9.94. The Balaban J connectivity index is 2.19. The lowest BCUT2D eigenvalue weighted by molar-refractivity contribution is -0.159. The van der Waals surface area contributed by atoms with Crippen LogP contribution in [0.15, 0.2) is 0 Å². The van der Waals surface area contributed by atoms with Gasteiger partial charge in [-0.3, -0.25) is 4.79 Å². The molecule has 1 aliphatic carbocycles. The molecule has 2 atom stereocenters. The van der Waals surface area contributed by atoms with Crippen LogP contribution < -0.4 is 0 Å². The fourth-order valence-corrected chi connectivity index (χ4v) is 2.16. The van der Waals surface area contributed by atoms with Crippen molar-refractivity contribution in [1.82, 2.24) is 0 Å². The zero-order valence-corrected chi connectivity index (χ0v) is 10.9. The summed E-state index contributed by atoms with van der Waals surface area (Å²) in [6.07, 6.45) is 5.41. The molecule has 0 aromatic carbocycles. The van der Waals surface area contributed by atoms with E-state index in [9.17, 15) is 4.79 Å². The molecule has 1 aliphatic rings. The van der Waals surface area contributed by atoms with Crippen molar-refractivity contribution in [3.8, 4) is 0 Å². The van der Waals surface area contributed by atoms with Crippen LogP contribution in [0.3, 0.4) is 0 Å². The van der Waals surface area contributed by atoms with Crippen molar-refractivity contribution in [2.24, 2.45) is 0 Å². The highest BCUT2D eigenvalue weighted by Crippen LogP contribution is 2.23. The standard InChI is InChI=1S/C13H24O4/c1-3-16-10-6-9-13(14)17-12-8-5-4-7-11(12)15-2/h11-12H,3-10H2,1-2H3. The lowest BCUT2D eigenvalue weighted by Crippen LogP contribution is -2.35. The second kappa shape index (κ2) is 8.48. The van der Waals surface area contributed by atoms with Gasteiger partial charge in [-0.1, -0.05) is 6.42 Å². The van der Waals surface area contributed by atoms with Crippen LogP contribution in [0.2, 0.25) is 0 Å². The van der Waals surface area contributed by atoms with Gasteiger partial charge in [-0.2, -0.15) is 0 Å². The molecule has 0 aromatic rings. The Morgan fingerprint density at radius 1 is 1.24 bits per heavy atom. The van der Waals surface area contributed by atoms with E-state index in [0.717, 1.165) is 32.1 Å². The summed E-state index contributed by atoms with van der Waals surface area (Å²) in [4.78, 5) is 11.6. The smallest absolute Gasteiger partial charge is 0.306 e. The first-order chi connectivity index (χ1) is 8.27. The minimum Gasteiger partial charge on any atom is -0.460 e. The summed E-state index contributed by atoms with van der Waals surface area (Å²) in [6, 6.07) is 0. The van der Waals surface area contributed by atoms with Crippen molar-refractivity contribution < 1.29 is 19.0 Å². The number of esters is 1. The van der Waals surface area contributed by atoms with Gasteiger partial charge in [0.25, 0.3) is 0 Å². The molecule has 100 valence electrons. The third kappa shape index (κ3) is 5.50. The number of methoxy groups -OCH3 is 1. The van der Waals surface area contributed by atoms with Crippen LogP contribution in [-0.4, -0.2) is 38.5 Å². The Bertz CT molecular complexity index is 217. The van der Waals surface area contributed by atoms with Crippen LogP contribution in [-0.2, 0) is 19.0 Å². The van der Waals surface area contributed by atoms with Gasteiger partial charge >= 0.3 is 5.97 Å². The highest BCUT2D eigenvalue weighted by atomic mass is 16.6. The number of hydrogen-bond donors (Lipinski definition) is 0. The van der Waals surface area contributed by atoms with E-state index in [2.05, 4.69) is 0 Å². The van der Waals surface area contributed by atoms with E-state index in [0.29, 0.717) is 19.6 Å². The Labute approximate surface area is 104 Å². The van der Waals surface area contributed by atoms with Gasteiger partial charge in [0.2, 0.25) is 0 Å². The molecule has 0 aromatic heterocycles. The van der Waals surface area contributed by atoms with Crippen LogP contribution in [0.5, 0.6) is 0 Å². The fraction of sp³-hybridized carbons (Fsp3) is 0.923. The molecule has 4 heteroatoms. The van der Waals surface area contributed by atoms with Crippen molar-refractivity contribution in [3.05, 3.63) is 0 Å². The quantitative estimate of drug-likeness (QED) is 0.509. The summed E-state index contributed by atoms with van der Waals surface area (Å²) in [5.74, 6) is -0.126. The van der Waals surface area contributed by atoms with Gasteiger partial charge in [-0.25, -0.2) is 0 Å². The Hall–Kier alpha value is -0.610. The number of rotatable bonds is 7. The van der Waals surface area contributed by atoms with E-state index in [1.54, 1.807) is 7.11 Å². The van der Waals surface area contributed by atoms with E-state index in [1.807, 2.05) is 6.92 Å². The molecule has 0 saturated heterocycles. The first-order valence-corrected chi connectivity index (χ1v) is 6.58. The maximum atomic E-state index is 11.6. The van der Waals surface area contributed by atoms with Crippen LogP contribution in [0, 0.1) is 0 Å². The summed E-state index contributed by atoms with van der Waals surface area (Å²) in [6.45, 7) is 3.27. The van der Waals surface area contributed by atoms with Crippen molar-refractivity contribution >= 4 is 5.97 Å². The van der Waals surface area contributed by atoms with E-state index in [-0.39, 0.29) is 18.2 Å². The van der Waals surface area contributed by atoms with Gasteiger partial charge in [-0.05, 0) is 32.6 Å². The van der Waals surface area contributed by atoms with Gasteiger partial charge in [0, 0.05) is 26.7 Å². The van der Waals surface area contributed by atoms with Gasteiger partial charge < -0.3 is 14.2 Å². The van der Waals surface area contributed by atoms with E-state index >= 15 is 0 Å². The lowest BCUT2D eigenvalue weighted by Gasteiger charge is -2.29. The average molecular weight is 244 g/mol. The molecule has 0 radical (unpaired) electrons. The third-order valence-corrected chi connectivity index (χ3v) is 3.10. The molecule has 0 bridgehead atoms. The molecule has 1 saturated carbocycles. The fourth-order valence-electron chi connectivity index (χ4n) is 2.16. The molecular formula is C13H24O4. The normalized spacial score (nSPS) is 24.6. The van der Waals surface area contributed by atoms with Crippen molar-refractivity contribution in [1.29, 1.82) is 0 Å². The molecule has 2 unspecified atom stereocenters. The first kappa shape index (κ1) is 14.5. The van der Waals surface area contributed by atoms with Gasteiger partial charge in [-0.15, -0.1) is 0 Å². The zero-order valence-electron chi connectivity index (χ0n) is 10.9. The number of ether oxygens (including phenoxy) is 3. The largest absolute Gasteiger partial charge is 0.460 e. The summed E-state index contributed by atoms with van der Waals surface area (Å²) < 4.78 is 16.0. The summed E-state index contributed by atoms with van der Waals surface area (Å²) in [7, 11) is 1.69. The Morgan fingerprint density at radius 2 is 1.94 bits per heavy atom. The van der Waals surface area contributed by atoms with Gasteiger partial charge in [0.1, 0.15) is 6.10 Å². The van der Waals surface area contributed by atoms with Crippen molar-refractivity contribution in [2.45, 2.75) is 57.7 Å². The van der Waals surface area contributed by atoms with Crippen LogP contribution in [0.4, 0.5) is 0 Å². The molecular weight excluding hydrogens is 220 g/mol. The van der Waals surface area contributed by atoms with Gasteiger partial charge in [0.15, 0.2) is 0 Å². The summed E-state index contributed by atoms with van der Waals surface area (Å²) in [5.41, 5.74) is 0. The highest BCUT2D eigenvalue weighted by molar-refractivity contribution is 5.69. The molecule has 0 heterocycles. The van der Waals surface area contributed by atoms with E-state index < -0.39 is 0 Å². The molecule has 0 amide bonds. The molecule has 0 N–H and O–H groups in total. The minimum atomic E-state index is -0.126. The van der Waals surface area contributed by atoms with E-state index in [1.165, 1.54) is 0 Å². The summed E-state index contributed by atoms with van der Waals surface area (Å²) >= 11 is 0. The zero-order chi connectivity index (χ0) is 12.5. The Kier molecular flexibility index (Phi) is 7.21.